The number of anilines is 1. The maximum Gasteiger partial charge on any atom is 0.274 e. The molecule has 0 radical (unpaired) electrons. The van der Waals surface area contributed by atoms with Crippen molar-refractivity contribution in [2.24, 2.45) is 7.05 Å². The van der Waals surface area contributed by atoms with Gasteiger partial charge in [0.2, 0.25) is 0 Å². The molecular weight excluding hydrogens is 252 g/mol. The van der Waals surface area contributed by atoms with Gasteiger partial charge in [-0.15, -0.1) is 0 Å². The first-order valence-electron chi connectivity index (χ1n) is 5.38. The Balaban J connectivity index is 2.03. The number of nitrogens with zero attached hydrogens (tertiary/aromatic N) is 2. The average molecular weight is 265 g/mol. The Morgan fingerprint density at radius 2 is 2.33 bits per heavy atom. The topological polar surface area (TPSA) is 72.9 Å². The zero-order chi connectivity index (χ0) is 13.1. The van der Waals surface area contributed by atoms with Crippen LogP contribution in [-0.4, -0.2) is 15.7 Å². The minimum Gasteiger partial charge on any atom is -0.396 e. The Hall–Kier alpha value is -2.01. The van der Waals surface area contributed by atoms with Crippen molar-refractivity contribution < 1.29 is 4.79 Å². The molecule has 1 aromatic carbocycles. The highest BCUT2D eigenvalue weighted by Gasteiger charge is 2.13. The van der Waals surface area contributed by atoms with Gasteiger partial charge in [0.1, 0.15) is 0 Å². The van der Waals surface area contributed by atoms with Crippen molar-refractivity contribution in [3.63, 3.8) is 0 Å². The molecule has 18 heavy (non-hydrogen) atoms. The molecule has 0 saturated heterocycles. The van der Waals surface area contributed by atoms with Crippen LogP contribution in [0.15, 0.2) is 30.5 Å². The number of nitrogens with two attached hydrogens (primary N) is 1. The lowest BCUT2D eigenvalue weighted by Gasteiger charge is -2.04. The molecule has 2 rings (SSSR count). The van der Waals surface area contributed by atoms with Gasteiger partial charge in [-0.2, -0.15) is 5.10 Å². The van der Waals surface area contributed by atoms with Crippen molar-refractivity contribution >= 4 is 23.2 Å². The summed E-state index contributed by atoms with van der Waals surface area (Å²) in [5, 5.41) is 7.37. The maximum atomic E-state index is 11.8. The van der Waals surface area contributed by atoms with Gasteiger partial charge in [0.15, 0.2) is 5.69 Å². The third-order valence-corrected chi connectivity index (χ3v) is 2.65. The summed E-state index contributed by atoms with van der Waals surface area (Å²) in [6, 6.07) is 7.29. The summed E-state index contributed by atoms with van der Waals surface area (Å²) >= 11 is 5.86. The molecule has 5 nitrogen and oxygen atoms in total. The molecule has 0 aliphatic carbocycles. The van der Waals surface area contributed by atoms with Crippen molar-refractivity contribution in [1.82, 2.24) is 15.1 Å². The Labute approximate surface area is 110 Å². The van der Waals surface area contributed by atoms with E-state index in [0.29, 0.717) is 17.3 Å². The first kappa shape index (κ1) is 12.4. The van der Waals surface area contributed by atoms with E-state index in [2.05, 4.69) is 10.4 Å². The molecule has 0 saturated carbocycles. The molecule has 0 atom stereocenters. The number of nitrogens with one attached hydrogen (secondary N) is 1. The van der Waals surface area contributed by atoms with E-state index in [1.54, 1.807) is 25.4 Å². The molecule has 0 aliphatic rings. The molecule has 3 N–H and O–H groups in total. The largest absolute Gasteiger partial charge is 0.396 e. The summed E-state index contributed by atoms with van der Waals surface area (Å²) in [7, 11) is 1.71. The molecule has 1 heterocycles. The van der Waals surface area contributed by atoms with Crippen LogP contribution in [0.2, 0.25) is 5.02 Å². The minimum atomic E-state index is -0.298. The fraction of sp³-hybridized carbons (Fsp3) is 0.167. The van der Waals surface area contributed by atoms with Gasteiger partial charge in [0, 0.05) is 24.8 Å². The first-order chi connectivity index (χ1) is 8.56. The number of rotatable bonds is 3. The second-order valence-electron chi connectivity index (χ2n) is 3.92. The Kier molecular flexibility index (Phi) is 3.53. The van der Waals surface area contributed by atoms with Crippen LogP contribution in [0, 0.1) is 0 Å². The van der Waals surface area contributed by atoms with Gasteiger partial charge in [0.05, 0.1) is 5.69 Å². The molecule has 0 spiro atoms. The van der Waals surface area contributed by atoms with Gasteiger partial charge in [-0.1, -0.05) is 23.7 Å². The molecule has 0 fully saturated rings. The number of aromatic nitrogens is 2. The van der Waals surface area contributed by atoms with Crippen molar-refractivity contribution in [1.29, 1.82) is 0 Å². The first-order valence-corrected chi connectivity index (χ1v) is 5.76. The molecule has 0 aliphatic heterocycles. The second kappa shape index (κ2) is 5.10. The lowest BCUT2D eigenvalue weighted by atomic mass is 10.2. The van der Waals surface area contributed by atoms with Crippen molar-refractivity contribution in [2.75, 3.05) is 5.73 Å². The maximum absolute atomic E-state index is 11.8. The molecule has 94 valence electrons. The SMILES string of the molecule is Cn1cc(N)c(C(=O)NCc2cccc(Cl)c2)n1. The Morgan fingerprint density at radius 1 is 1.56 bits per heavy atom. The molecule has 1 aromatic heterocycles. The van der Waals surface area contributed by atoms with E-state index in [-0.39, 0.29) is 11.6 Å². The smallest absolute Gasteiger partial charge is 0.274 e. The van der Waals surface area contributed by atoms with Crippen LogP contribution in [0.5, 0.6) is 0 Å². The second-order valence-corrected chi connectivity index (χ2v) is 4.36. The van der Waals surface area contributed by atoms with Gasteiger partial charge in [-0.3, -0.25) is 9.48 Å². The van der Waals surface area contributed by atoms with Crippen molar-refractivity contribution in [3.8, 4) is 0 Å². The summed E-state index contributed by atoms with van der Waals surface area (Å²) in [6.45, 7) is 0.384. The summed E-state index contributed by atoms with van der Waals surface area (Å²) in [5.74, 6) is -0.298. The Bertz CT molecular complexity index is 579. The van der Waals surface area contributed by atoms with Crippen LogP contribution < -0.4 is 11.1 Å². The van der Waals surface area contributed by atoms with Gasteiger partial charge >= 0.3 is 0 Å². The van der Waals surface area contributed by atoms with Crippen molar-refractivity contribution in [3.05, 3.63) is 46.7 Å². The van der Waals surface area contributed by atoms with Crippen LogP contribution in [0.3, 0.4) is 0 Å². The lowest BCUT2D eigenvalue weighted by molar-refractivity contribution is 0.0946. The number of carbonyl (C=O) groups excluding carboxylic acids is 1. The summed E-state index contributed by atoms with van der Waals surface area (Å²) < 4.78 is 1.50. The molecule has 2 aromatic rings. The zero-order valence-electron chi connectivity index (χ0n) is 9.85. The van der Waals surface area contributed by atoms with E-state index in [1.807, 2.05) is 12.1 Å². The third kappa shape index (κ3) is 2.81. The molecule has 1 amide bonds. The van der Waals surface area contributed by atoms with Gasteiger partial charge in [0.25, 0.3) is 5.91 Å². The minimum absolute atomic E-state index is 0.236. The predicted molar refractivity (Wildman–Crippen MR) is 70.2 cm³/mol. The number of hydrogen-bond donors (Lipinski definition) is 2. The average Bonchev–Trinajstić information content (AvgIpc) is 2.66. The van der Waals surface area contributed by atoms with Gasteiger partial charge in [-0.25, -0.2) is 0 Å². The normalized spacial score (nSPS) is 10.3. The van der Waals surface area contributed by atoms with E-state index in [1.165, 1.54) is 4.68 Å². The van der Waals surface area contributed by atoms with Crippen LogP contribution in [0.4, 0.5) is 5.69 Å². The van der Waals surface area contributed by atoms with Gasteiger partial charge in [-0.05, 0) is 17.7 Å². The van der Waals surface area contributed by atoms with E-state index in [9.17, 15) is 4.79 Å². The Morgan fingerprint density at radius 3 is 2.94 bits per heavy atom. The number of nitrogen functional groups attached to an aromatic ring is 1. The van der Waals surface area contributed by atoms with E-state index < -0.39 is 0 Å². The van der Waals surface area contributed by atoms with E-state index in [4.69, 9.17) is 17.3 Å². The predicted octanol–water partition coefficient (Wildman–Crippen LogP) is 1.59. The number of hydrogen-bond acceptors (Lipinski definition) is 3. The fourth-order valence-corrected chi connectivity index (χ4v) is 1.81. The van der Waals surface area contributed by atoms with E-state index in [0.717, 1.165) is 5.56 Å². The van der Waals surface area contributed by atoms with Gasteiger partial charge < -0.3 is 11.1 Å². The van der Waals surface area contributed by atoms with Crippen LogP contribution in [-0.2, 0) is 13.6 Å². The standard InChI is InChI=1S/C12H13ClN4O/c1-17-7-10(14)11(16-17)12(18)15-6-8-3-2-4-9(13)5-8/h2-5,7H,6,14H2,1H3,(H,15,18). The summed E-state index contributed by atoms with van der Waals surface area (Å²) in [5.41, 5.74) is 7.19. The highest BCUT2D eigenvalue weighted by atomic mass is 35.5. The van der Waals surface area contributed by atoms with Crippen molar-refractivity contribution in [2.45, 2.75) is 6.54 Å². The van der Waals surface area contributed by atoms with Crippen LogP contribution >= 0.6 is 11.6 Å². The zero-order valence-corrected chi connectivity index (χ0v) is 10.6. The number of halogens is 1. The highest BCUT2D eigenvalue weighted by Crippen LogP contribution is 2.11. The molecule has 0 unspecified atom stereocenters. The third-order valence-electron chi connectivity index (χ3n) is 2.41. The van der Waals surface area contributed by atoms with E-state index >= 15 is 0 Å². The molecule has 0 bridgehead atoms. The van der Waals surface area contributed by atoms with Crippen LogP contribution in [0.1, 0.15) is 16.1 Å². The number of benzene rings is 1. The lowest BCUT2D eigenvalue weighted by Crippen LogP contribution is -2.24. The molecule has 6 heteroatoms. The summed E-state index contributed by atoms with van der Waals surface area (Å²) in [6.07, 6.45) is 1.59. The quantitative estimate of drug-likeness (QED) is 0.884. The monoisotopic (exact) mass is 264 g/mol. The summed E-state index contributed by atoms with van der Waals surface area (Å²) in [4.78, 5) is 11.8. The number of aryl methyl sites for hydroxylation is 1. The number of amides is 1. The fourth-order valence-electron chi connectivity index (χ4n) is 1.60. The number of carbonyl (C=O) groups is 1. The van der Waals surface area contributed by atoms with Crippen LogP contribution in [0.25, 0.3) is 0 Å². The molecular formula is C12H13ClN4O. The highest BCUT2D eigenvalue weighted by molar-refractivity contribution is 6.30.